The molecule has 0 bridgehead atoms. The summed E-state index contributed by atoms with van der Waals surface area (Å²) in [7, 11) is 0. The van der Waals surface area contributed by atoms with Gasteiger partial charge in [-0.3, -0.25) is 4.79 Å². The maximum atomic E-state index is 13.3. The number of hydrogen-bond donors (Lipinski definition) is 0. The van der Waals surface area contributed by atoms with E-state index < -0.39 is 0 Å². The van der Waals surface area contributed by atoms with Gasteiger partial charge in [0.05, 0.1) is 19.8 Å². The van der Waals surface area contributed by atoms with Crippen molar-refractivity contribution in [3.63, 3.8) is 0 Å². The lowest BCUT2D eigenvalue weighted by molar-refractivity contribution is -0.131. The van der Waals surface area contributed by atoms with Gasteiger partial charge in [-0.1, -0.05) is 48.0 Å². The third-order valence-corrected chi connectivity index (χ3v) is 8.14. The highest BCUT2D eigenvalue weighted by atomic mass is 32.1. The minimum atomic E-state index is 0.0117. The number of carbonyl (C=O) groups excluding carboxylic acids is 1. The van der Waals surface area contributed by atoms with Crippen LogP contribution in [0.2, 0.25) is 0 Å². The van der Waals surface area contributed by atoms with Crippen LogP contribution < -0.4 is 9.47 Å². The summed E-state index contributed by atoms with van der Waals surface area (Å²) in [4.78, 5) is 15.2. The Kier molecular flexibility index (Phi) is 6.85. The molecule has 2 aliphatic heterocycles. The Bertz CT molecular complexity index is 1400. The summed E-state index contributed by atoms with van der Waals surface area (Å²) in [5, 5.41) is 3.43. The monoisotopic (exact) mass is 513 g/mol. The van der Waals surface area contributed by atoms with E-state index in [4.69, 9.17) is 14.2 Å². The van der Waals surface area contributed by atoms with Gasteiger partial charge in [-0.25, -0.2) is 0 Å². The van der Waals surface area contributed by atoms with E-state index in [0.29, 0.717) is 39.3 Å². The Morgan fingerprint density at radius 3 is 2.81 bits per heavy atom. The number of carbonyl (C=O) groups is 1. The molecule has 3 heterocycles. The molecule has 1 amide bonds. The van der Waals surface area contributed by atoms with Crippen LogP contribution in [0.4, 0.5) is 0 Å². The zero-order valence-electron chi connectivity index (χ0n) is 21.1. The fourth-order valence-corrected chi connectivity index (χ4v) is 6.06. The van der Waals surface area contributed by atoms with E-state index >= 15 is 0 Å². The highest BCUT2D eigenvalue weighted by molar-refractivity contribution is 7.17. The third-order valence-electron chi connectivity index (χ3n) is 7.17. The number of amides is 1. The number of aryl methyl sites for hydroxylation is 2. The molecule has 6 heteroatoms. The number of ether oxygens (including phenoxy) is 3. The van der Waals surface area contributed by atoms with Gasteiger partial charge in [0.25, 0.3) is 0 Å². The smallest absolute Gasteiger partial charge is 0.223 e. The van der Waals surface area contributed by atoms with E-state index in [-0.39, 0.29) is 12.0 Å². The van der Waals surface area contributed by atoms with E-state index in [0.717, 1.165) is 35.5 Å². The normalized spacial score (nSPS) is 17.3. The zero-order chi connectivity index (χ0) is 25.2. The molecule has 190 valence electrons. The molecule has 0 saturated carbocycles. The maximum absolute atomic E-state index is 13.3. The Labute approximate surface area is 221 Å². The van der Waals surface area contributed by atoms with E-state index in [1.54, 1.807) is 11.3 Å². The molecular formula is C31H31NO4S. The maximum Gasteiger partial charge on any atom is 0.223 e. The molecule has 3 aromatic carbocycles. The van der Waals surface area contributed by atoms with Crippen molar-refractivity contribution < 1.29 is 19.0 Å². The molecule has 1 saturated heterocycles. The quantitative estimate of drug-likeness (QED) is 0.299. The van der Waals surface area contributed by atoms with Crippen molar-refractivity contribution >= 4 is 27.3 Å². The molecule has 0 spiro atoms. The van der Waals surface area contributed by atoms with Crippen LogP contribution in [0.1, 0.15) is 29.5 Å². The van der Waals surface area contributed by atoms with Gasteiger partial charge in [0.2, 0.25) is 5.91 Å². The second kappa shape index (κ2) is 10.6. The Hall–Kier alpha value is -3.35. The highest BCUT2D eigenvalue weighted by Gasteiger charge is 2.26. The van der Waals surface area contributed by atoms with Crippen LogP contribution in [-0.4, -0.2) is 43.3 Å². The van der Waals surface area contributed by atoms with Crippen molar-refractivity contribution in [1.29, 1.82) is 0 Å². The van der Waals surface area contributed by atoms with Crippen molar-refractivity contribution in [1.82, 2.24) is 4.90 Å². The molecule has 37 heavy (non-hydrogen) atoms. The fraction of sp³-hybridized carbons (Fsp3) is 0.323. The van der Waals surface area contributed by atoms with Crippen molar-refractivity contribution in [2.75, 3.05) is 26.4 Å². The first-order chi connectivity index (χ1) is 18.1. The molecule has 0 N–H and O–H groups in total. The molecule has 6 rings (SSSR count). The van der Waals surface area contributed by atoms with Crippen LogP contribution in [-0.2, 0) is 22.5 Å². The molecule has 0 radical (unpaired) electrons. The van der Waals surface area contributed by atoms with E-state index in [1.807, 2.05) is 4.90 Å². The zero-order valence-corrected chi connectivity index (χ0v) is 21.9. The number of hydrogen-bond acceptors (Lipinski definition) is 5. The van der Waals surface area contributed by atoms with Gasteiger partial charge in [0.1, 0.15) is 12.7 Å². The molecule has 1 atom stereocenters. The first kappa shape index (κ1) is 24.0. The first-order valence-electron chi connectivity index (χ1n) is 13.0. The summed E-state index contributed by atoms with van der Waals surface area (Å²) < 4.78 is 19.5. The molecule has 1 aromatic heterocycles. The Morgan fingerprint density at radius 1 is 1.11 bits per heavy atom. The minimum Gasteiger partial charge on any atom is -0.487 e. The second-order valence-electron chi connectivity index (χ2n) is 9.86. The first-order valence-corrected chi connectivity index (χ1v) is 13.9. The van der Waals surface area contributed by atoms with Crippen LogP contribution in [0.3, 0.4) is 0 Å². The van der Waals surface area contributed by atoms with Gasteiger partial charge in [-0.15, -0.1) is 11.3 Å². The predicted molar refractivity (Wildman–Crippen MR) is 148 cm³/mol. The Morgan fingerprint density at radius 2 is 1.97 bits per heavy atom. The van der Waals surface area contributed by atoms with Crippen molar-refractivity contribution in [2.24, 2.45) is 0 Å². The number of nitrogens with zero attached hydrogens (tertiary/aromatic N) is 1. The van der Waals surface area contributed by atoms with Gasteiger partial charge < -0.3 is 19.1 Å². The van der Waals surface area contributed by atoms with Crippen LogP contribution in [0.5, 0.6) is 11.5 Å². The van der Waals surface area contributed by atoms with Crippen LogP contribution in [0.25, 0.3) is 21.2 Å². The largest absolute Gasteiger partial charge is 0.487 e. The molecule has 2 aliphatic rings. The van der Waals surface area contributed by atoms with Crippen LogP contribution in [0, 0.1) is 6.92 Å². The lowest BCUT2D eigenvalue weighted by atomic mass is 10.0. The number of fused-ring (bicyclic) bond motifs is 2. The van der Waals surface area contributed by atoms with Gasteiger partial charge in [0.15, 0.2) is 11.5 Å². The number of thiophene rings is 1. The molecule has 0 unspecified atom stereocenters. The van der Waals surface area contributed by atoms with Crippen molar-refractivity contribution in [2.45, 2.75) is 38.8 Å². The number of benzene rings is 3. The minimum absolute atomic E-state index is 0.0117. The van der Waals surface area contributed by atoms with E-state index in [1.165, 1.54) is 26.8 Å². The average molecular weight is 514 g/mol. The third kappa shape index (κ3) is 5.22. The van der Waals surface area contributed by atoms with Crippen molar-refractivity contribution in [3.8, 4) is 22.6 Å². The summed E-state index contributed by atoms with van der Waals surface area (Å²) >= 11 is 1.74. The lowest BCUT2D eigenvalue weighted by Crippen LogP contribution is -2.32. The van der Waals surface area contributed by atoms with Gasteiger partial charge in [-0.2, -0.15) is 0 Å². The second-order valence-corrected chi connectivity index (χ2v) is 10.8. The van der Waals surface area contributed by atoms with Gasteiger partial charge in [0, 0.05) is 40.6 Å². The Balaban J connectivity index is 1.30. The summed E-state index contributed by atoms with van der Waals surface area (Å²) in [5.41, 5.74) is 5.67. The average Bonchev–Trinajstić information content (AvgIpc) is 3.53. The SMILES string of the molecule is Cc1ccc(CCC(=O)N2CCOc3c(cc(-c4csc5ccccc45)cc3O[C@H]3CCOC3)C2)cc1. The molecule has 0 aliphatic carbocycles. The van der Waals surface area contributed by atoms with Crippen LogP contribution >= 0.6 is 11.3 Å². The molecule has 4 aromatic rings. The molecular weight excluding hydrogens is 482 g/mol. The summed E-state index contributed by atoms with van der Waals surface area (Å²) in [6.45, 7) is 4.89. The summed E-state index contributed by atoms with van der Waals surface area (Å²) in [6.07, 6.45) is 2.10. The molecule has 1 fully saturated rings. The highest BCUT2D eigenvalue weighted by Crippen LogP contribution is 2.42. The van der Waals surface area contributed by atoms with Gasteiger partial charge >= 0.3 is 0 Å². The lowest BCUT2D eigenvalue weighted by Gasteiger charge is -2.21. The van der Waals surface area contributed by atoms with Crippen LogP contribution in [0.15, 0.2) is 66.0 Å². The van der Waals surface area contributed by atoms with Gasteiger partial charge in [-0.05, 0) is 48.1 Å². The van der Waals surface area contributed by atoms with Crippen molar-refractivity contribution in [3.05, 3.63) is 82.7 Å². The summed E-state index contributed by atoms with van der Waals surface area (Å²) in [5.74, 6) is 1.64. The van der Waals surface area contributed by atoms with E-state index in [2.05, 4.69) is 73.0 Å². The standard InChI is InChI=1S/C31H31NO4S/c1-21-6-8-22(9-7-21)10-11-30(33)32-13-15-35-31-24(18-32)16-23(17-28(31)36-25-12-14-34-19-25)27-20-37-29-5-3-2-4-26(27)29/h2-9,16-17,20,25H,10-15,18-19H2,1H3/t25-/m0/s1. The topological polar surface area (TPSA) is 48.0 Å². The van der Waals surface area contributed by atoms with E-state index in [9.17, 15) is 4.79 Å². The number of rotatable bonds is 6. The molecule has 5 nitrogen and oxygen atoms in total. The predicted octanol–water partition coefficient (Wildman–Crippen LogP) is 6.40. The fourth-order valence-electron chi connectivity index (χ4n) is 5.09. The summed E-state index contributed by atoms with van der Waals surface area (Å²) in [6, 6.07) is 21.1.